The number of nitrogens with one attached hydrogen (secondary N) is 1. The molecule has 1 heterocycles. The summed E-state index contributed by atoms with van der Waals surface area (Å²) in [6, 6.07) is 4.35. The van der Waals surface area contributed by atoms with Crippen molar-refractivity contribution in [1.82, 2.24) is 4.98 Å². The molecule has 2 aromatic rings. The van der Waals surface area contributed by atoms with Gasteiger partial charge in [-0.3, -0.25) is 10.1 Å². The first kappa shape index (κ1) is 19.2. The number of hydrogen-bond donors (Lipinski definition) is 1. The van der Waals surface area contributed by atoms with Crippen LogP contribution in [0.1, 0.15) is 6.92 Å². The van der Waals surface area contributed by atoms with Crippen LogP contribution in [0.5, 0.6) is 5.75 Å². The first-order valence-corrected chi connectivity index (χ1v) is 7.39. The van der Waals surface area contributed by atoms with E-state index in [1.54, 1.807) is 6.92 Å². The number of thiazole rings is 1. The van der Waals surface area contributed by atoms with E-state index in [4.69, 9.17) is 4.74 Å². The molecule has 0 aliphatic rings. The SMILES string of the molecule is CCOc1ccc2nc(NC(=O)C(F)(F)C(F)(F)C(F)(F)F)sc2c1. The lowest BCUT2D eigenvalue weighted by Gasteiger charge is -2.26. The number of alkyl halides is 7. The Balaban J connectivity index is 2.26. The molecule has 25 heavy (non-hydrogen) atoms. The molecule has 2 rings (SSSR count). The zero-order chi connectivity index (χ0) is 19.0. The van der Waals surface area contributed by atoms with Gasteiger partial charge in [-0.15, -0.1) is 0 Å². The van der Waals surface area contributed by atoms with Crippen molar-refractivity contribution < 1.29 is 40.3 Å². The predicted octanol–water partition coefficient (Wildman–Crippen LogP) is 4.47. The van der Waals surface area contributed by atoms with E-state index in [0.717, 1.165) is 0 Å². The summed E-state index contributed by atoms with van der Waals surface area (Å²) in [6.45, 7) is 2.05. The predicted molar refractivity (Wildman–Crippen MR) is 75.4 cm³/mol. The maximum atomic E-state index is 13.3. The monoisotopic (exact) mass is 390 g/mol. The molecule has 1 N–H and O–H groups in total. The highest BCUT2D eigenvalue weighted by Crippen LogP contribution is 2.47. The molecule has 0 bridgehead atoms. The first-order chi connectivity index (χ1) is 11.4. The number of fused-ring (bicyclic) bond motifs is 1. The number of halogens is 7. The molecule has 0 saturated heterocycles. The summed E-state index contributed by atoms with van der Waals surface area (Å²) < 4.78 is 94.0. The Morgan fingerprint density at radius 3 is 2.40 bits per heavy atom. The molecule has 0 fully saturated rings. The largest absolute Gasteiger partial charge is 0.494 e. The van der Waals surface area contributed by atoms with E-state index in [2.05, 4.69) is 4.98 Å². The van der Waals surface area contributed by atoms with E-state index >= 15 is 0 Å². The minimum Gasteiger partial charge on any atom is -0.494 e. The van der Waals surface area contributed by atoms with Crippen LogP contribution in [0.25, 0.3) is 10.2 Å². The minimum absolute atomic E-state index is 0.217. The third-order valence-corrected chi connectivity index (χ3v) is 3.86. The molecule has 0 atom stereocenters. The van der Waals surface area contributed by atoms with Crippen LogP contribution in [0.3, 0.4) is 0 Å². The standard InChI is InChI=1S/C13H9F7N2O2S/c1-2-24-6-3-4-7-8(5-6)25-10(21-7)22-9(23)11(14,15)12(16,17)13(18,19)20/h3-5H,2H2,1H3,(H,21,22,23). The second-order valence-corrected chi connectivity index (χ2v) is 5.71. The van der Waals surface area contributed by atoms with Gasteiger partial charge in [-0.2, -0.15) is 30.7 Å². The molecule has 1 aromatic heterocycles. The van der Waals surface area contributed by atoms with Crippen molar-refractivity contribution >= 4 is 32.6 Å². The number of amides is 1. The van der Waals surface area contributed by atoms with Crippen molar-refractivity contribution in [2.24, 2.45) is 0 Å². The van der Waals surface area contributed by atoms with E-state index in [1.807, 2.05) is 0 Å². The van der Waals surface area contributed by atoms with Crippen molar-refractivity contribution in [3.63, 3.8) is 0 Å². The topological polar surface area (TPSA) is 51.2 Å². The van der Waals surface area contributed by atoms with Crippen molar-refractivity contribution in [2.45, 2.75) is 24.9 Å². The molecule has 0 radical (unpaired) electrons. The van der Waals surface area contributed by atoms with Gasteiger partial charge >= 0.3 is 23.9 Å². The first-order valence-electron chi connectivity index (χ1n) is 6.57. The summed E-state index contributed by atoms with van der Waals surface area (Å²) in [5, 5.41) is 0.749. The summed E-state index contributed by atoms with van der Waals surface area (Å²) >= 11 is 0.617. The van der Waals surface area contributed by atoms with Gasteiger partial charge in [0.05, 0.1) is 16.8 Å². The van der Waals surface area contributed by atoms with Crippen LogP contribution < -0.4 is 10.1 Å². The summed E-state index contributed by atoms with van der Waals surface area (Å²) in [5.41, 5.74) is 0.217. The van der Waals surface area contributed by atoms with E-state index in [0.29, 0.717) is 28.4 Å². The van der Waals surface area contributed by atoms with Gasteiger partial charge in [0, 0.05) is 0 Å². The Hall–Kier alpha value is -2.11. The lowest BCUT2D eigenvalue weighted by molar-refractivity contribution is -0.343. The molecule has 0 unspecified atom stereocenters. The Morgan fingerprint density at radius 1 is 1.20 bits per heavy atom. The van der Waals surface area contributed by atoms with Crippen LogP contribution in [-0.4, -0.2) is 35.5 Å². The number of carbonyl (C=O) groups is 1. The van der Waals surface area contributed by atoms with E-state index < -0.39 is 29.1 Å². The quantitative estimate of drug-likeness (QED) is 0.767. The van der Waals surface area contributed by atoms with E-state index in [1.165, 1.54) is 23.5 Å². The molecule has 4 nitrogen and oxygen atoms in total. The van der Waals surface area contributed by atoms with Gasteiger partial charge in [-0.05, 0) is 25.1 Å². The molecule has 138 valence electrons. The van der Waals surface area contributed by atoms with E-state index in [9.17, 15) is 35.5 Å². The lowest BCUT2D eigenvalue weighted by atomic mass is 10.1. The number of carbonyl (C=O) groups excluding carboxylic acids is 1. The lowest BCUT2D eigenvalue weighted by Crippen LogP contribution is -2.57. The zero-order valence-electron chi connectivity index (χ0n) is 12.3. The Kier molecular flexibility index (Phi) is 4.86. The van der Waals surface area contributed by atoms with Gasteiger partial charge in [0.25, 0.3) is 0 Å². The van der Waals surface area contributed by atoms with E-state index in [-0.39, 0.29) is 5.52 Å². The smallest absolute Gasteiger partial charge is 0.460 e. The fraction of sp³-hybridized carbons (Fsp3) is 0.385. The molecule has 12 heteroatoms. The Labute approximate surface area is 139 Å². The van der Waals surface area contributed by atoms with Crippen molar-refractivity contribution in [1.29, 1.82) is 0 Å². The normalized spacial score (nSPS) is 13.1. The summed E-state index contributed by atoms with van der Waals surface area (Å²) in [7, 11) is 0. The van der Waals surface area contributed by atoms with Gasteiger partial charge in [0.2, 0.25) is 0 Å². The maximum Gasteiger partial charge on any atom is 0.460 e. The number of hydrogen-bond acceptors (Lipinski definition) is 4. The average Bonchev–Trinajstić information content (AvgIpc) is 2.87. The fourth-order valence-electron chi connectivity index (χ4n) is 1.71. The highest BCUT2D eigenvalue weighted by molar-refractivity contribution is 7.22. The van der Waals surface area contributed by atoms with Crippen LogP contribution in [0, 0.1) is 0 Å². The zero-order valence-corrected chi connectivity index (χ0v) is 13.1. The van der Waals surface area contributed by atoms with Gasteiger partial charge < -0.3 is 4.74 Å². The summed E-state index contributed by atoms with van der Waals surface area (Å²) in [5.74, 6) is -14.9. The molecule has 0 spiro atoms. The fourth-order valence-corrected chi connectivity index (χ4v) is 2.60. The second-order valence-electron chi connectivity index (χ2n) is 4.68. The van der Waals surface area contributed by atoms with Crippen LogP contribution in [0.2, 0.25) is 0 Å². The van der Waals surface area contributed by atoms with Crippen molar-refractivity contribution in [3.05, 3.63) is 18.2 Å². The molecule has 1 aromatic carbocycles. The van der Waals surface area contributed by atoms with Gasteiger partial charge in [0.15, 0.2) is 5.13 Å². The number of benzene rings is 1. The number of anilines is 1. The second kappa shape index (κ2) is 6.32. The number of rotatable bonds is 5. The molecule has 0 aliphatic carbocycles. The highest BCUT2D eigenvalue weighted by atomic mass is 32.1. The average molecular weight is 390 g/mol. The van der Waals surface area contributed by atoms with Gasteiger partial charge in [-0.25, -0.2) is 4.98 Å². The van der Waals surface area contributed by atoms with Crippen LogP contribution in [0.15, 0.2) is 18.2 Å². The molecule has 1 amide bonds. The van der Waals surface area contributed by atoms with Crippen molar-refractivity contribution in [3.8, 4) is 5.75 Å². The van der Waals surface area contributed by atoms with Crippen molar-refractivity contribution in [2.75, 3.05) is 11.9 Å². The Morgan fingerprint density at radius 2 is 1.84 bits per heavy atom. The van der Waals surface area contributed by atoms with Crippen LogP contribution in [0.4, 0.5) is 35.9 Å². The molecule has 0 aliphatic heterocycles. The minimum atomic E-state index is -6.59. The summed E-state index contributed by atoms with van der Waals surface area (Å²) in [4.78, 5) is 15.0. The van der Waals surface area contributed by atoms with Crippen LogP contribution in [-0.2, 0) is 4.79 Å². The van der Waals surface area contributed by atoms with Gasteiger partial charge in [0.1, 0.15) is 5.75 Å². The number of aromatic nitrogens is 1. The third-order valence-electron chi connectivity index (χ3n) is 2.93. The summed E-state index contributed by atoms with van der Waals surface area (Å²) in [6.07, 6.45) is -6.59. The van der Waals surface area contributed by atoms with Gasteiger partial charge in [-0.1, -0.05) is 11.3 Å². The molecular formula is C13H9F7N2O2S. The van der Waals surface area contributed by atoms with Crippen LogP contribution >= 0.6 is 11.3 Å². The third kappa shape index (κ3) is 3.48. The number of nitrogens with zero attached hydrogens (tertiary/aromatic N) is 1. The molecular weight excluding hydrogens is 381 g/mol. The Bertz CT molecular complexity index is 788. The highest BCUT2D eigenvalue weighted by Gasteiger charge is 2.76. The molecule has 0 saturated carbocycles. The maximum absolute atomic E-state index is 13.3. The number of ether oxygens (including phenoxy) is 1.